The van der Waals surface area contributed by atoms with E-state index in [1.54, 1.807) is 0 Å². The van der Waals surface area contributed by atoms with E-state index in [4.69, 9.17) is 0 Å². The Morgan fingerprint density at radius 1 is 1.24 bits per heavy atom. The standard InChI is InChI=1S/C14H20BrNO/c1-9(2)13(15)14(17)16-11(4)12-8-6-5-7-10(12)3/h5-9,11,13H,1-4H3,(H,16,17)/t11-,13-/m0/s1. The van der Waals surface area contributed by atoms with Crippen molar-refractivity contribution in [1.82, 2.24) is 5.32 Å². The molecule has 1 aromatic rings. The van der Waals surface area contributed by atoms with Crippen LogP contribution in [0.1, 0.15) is 37.9 Å². The van der Waals surface area contributed by atoms with E-state index in [-0.39, 0.29) is 16.8 Å². The highest BCUT2D eigenvalue weighted by Crippen LogP contribution is 2.19. The van der Waals surface area contributed by atoms with Gasteiger partial charge in [-0.25, -0.2) is 0 Å². The zero-order valence-electron chi connectivity index (χ0n) is 10.8. The van der Waals surface area contributed by atoms with E-state index in [0.29, 0.717) is 5.92 Å². The minimum absolute atomic E-state index is 0.0440. The summed E-state index contributed by atoms with van der Waals surface area (Å²) in [5, 5.41) is 3.03. The summed E-state index contributed by atoms with van der Waals surface area (Å²) in [7, 11) is 0. The number of halogens is 1. The molecule has 0 aliphatic carbocycles. The van der Waals surface area contributed by atoms with Gasteiger partial charge in [0.15, 0.2) is 0 Å². The Balaban J connectivity index is 2.70. The molecule has 0 aliphatic rings. The molecule has 0 saturated carbocycles. The van der Waals surface area contributed by atoms with E-state index < -0.39 is 0 Å². The molecule has 0 fully saturated rings. The van der Waals surface area contributed by atoms with Crippen molar-refractivity contribution in [2.45, 2.75) is 38.6 Å². The molecular formula is C14H20BrNO. The molecule has 0 bridgehead atoms. The molecule has 1 aromatic carbocycles. The molecule has 0 spiro atoms. The third-order valence-electron chi connectivity index (χ3n) is 2.85. The van der Waals surface area contributed by atoms with Gasteiger partial charge in [-0.15, -0.1) is 0 Å². The van der Waals surface area contributed by atoms with E-state index in [9.17, 15) is 4.79 Å². The maximum absolute atomic E-state index is 11.9. The van der Waals surface area contributed by atoms with Gasteiger partial charge in [-0.1, -0.05) is 54.0 Å². The summed E-state index contributed by atoms with van der Waals surface area (Å²) >= 11 is 3.42. The third kappa shape index (κ3) is 3.84. The van der Waals surface area contributed by atoms with Crippen LogP contribution in [0.3, 0.4) is 0 Å². The number of rotatable bonds is 4. The fourth-order valence-corrected chi connectivity index (χ4v) is 1.88. The van der Waals surface area contributed by atoms with Gasteiger partial charge in [-0.3, -0.25) is 4.79 Å². The lowest BCUT2D eigenvalue weighted by atomic mass is 10.0. The van der Waals surface area contributed by atoms with Gasteiger partial charge in [-0.2, -0.15) is 0 Å². The van der Waals surface area contributed by atoms with Gasteiger partial charge in [0.05, 0.1) is 10.9 Å². The summed E-state index contributed by atoms with van der Waals surface area (Å²) in [5.74, 6) is 0.342. The monoisotopic (exact) mass is 297 g/mol. The highest BCUT2D eigenvalue weighted by atomic mass is 79.9. The molecule has 0 heterocycles. The second kappa shape index (κ2) is 6.20. The predicted molar refractivity (Wildman–Crippen MR) is 75.3 cm³/mol. The van der Waals surface area contributed by atoms with Crippen LogP contribution in [0.15, 0.2) is 24.3 Å². The van der Waals surface area contributed by atoms with E-state index in [2.05, 4.69) is 40.3 Å². The number of hydrogen-bond donors (Lipinski definition) is 1. The molecule has 1 N–H and O–H groups in total. The number of carbonyl (C=O) groups excluding carboxylic acids is 1. The summed E-state index contributed by atoms with van der Waals surface area (Å²) in [6.45, 7) is 8.13. The maximum Gasteiger partial charge on any atom is 0.234 e. The summed E-state index contributed by atoms with van der Waals surface area (Å²) in [5.41, 5.74) is 2.38. The van der Waals surface area contributed by atoms with Crippen molar-refractivity contribution in [2.24, 2.45) is 5.92 Å². The lowest BCUT2D eigenvalue weighted by Crippen LogP contribution is -2.35. The number of aryl methyl sites for hydroxylation is 1. The molecule has 17 heavy (non-hydrogen) atoms. The largest absolute Gasteiger partial charge is 0.349 e. The Kier molecular flexibility index (Phi) is 5.19. The van der Waals surface area contributed by atoms with Crippen LogP contribution >= 0.6 is 15.9 Å². The van der Waals surface area contributed by atoms with Gasteiger partial charge in [0.1, 0.15) is 0 Å². The number of alkyl halides is 1. The minimum atomic E-state index is -0.131. The maximum atomic E-state index is 11.9. The number of hydrogen-bond acceptors (Lipinski definition) is 1. The molecule has 2 atom stereocenters. The summed E-state index contributed by atoms with van der Waals surface area (Å²) in [4.78, 5) is 11.8. The van der Waals surface area contributed by atoms with E-state index >= 15 is 0 Å². The van der Waals surface area contributed by atoms with Gasteiger partial charge >= 0.3 is 0 Å². The zero-order chi connectivity index (χ0) is 13.0. The first-order valence-corrected chi connectivity index (χ1v) is 6.85. The lowest BCUT2D eigenvalue weighted by molar-refractivity contribution is -0.121. The number of amides is 1. The van der Waals surface area contributed by atoms with Crippen LogP contribution in [0.5, 0.6) is 0 Å². The number of benzene rings is 1. The van der Waals surface area contributed by atoms with Gasteiger partial charge in [0, 0.05) is 0 Å². The Morgan fingerprint density at radius 3 is 2.35 bits per heavy atom. The topological polar surface area (TPSA) is 29.1 Å². The normalized spacial score (nSPS) is 14.5. The minimum Gasteiger partial charge on any atom is -0.349 e. The van der Waals surface area contributed by atoms with Crippen LogP contribution in [-0.2, 0) is 4.79 Å². The molecule has 94 valence electrons. The van der Waals surface area contributed by atoms with Crippen molar-refractivity contribution in [3.8, 4) is 0 Å². The highest BCUT2D eigenvalue weighted by Gasteiger charge is 2.20. The summed E-state index contributed by atoms with van der Waals surface area (Å²) in [6, 6.07) is 8.17. The van der Waals surface area contributed by atoms with Crippen LogP contribution in [0.4, 0.5) is 0 Å². The lowest BCUT2D eigenvalue weighted by Gasteiger charge is -2.20. The van der Waals surface area contributed by atoms with Crippen LogP contribution in [-0.4, -0.2) is 10.7 Å². The third-order valence-corrected chi connectivity index (χ3v) is 4.32. The van der Waals surface area contributed by atoms with E-state index in [0.717, 1.165) is 0 Å². The van der Waals surface area contributed by atoms with Crippen LogP contribution < -0.4 is 5.32 Å². The Bertz CT molecular complexity index is 390. The van der Waals surface area contributed by atoms with Gasteiger partial charge in [0.2, 0.25) is 5.91 Å². The van der Waals surface area contributed by atoms with Gasteiger partial charge < -0.3 is 5.32 Å². The second-order valence-corrected chi connectivity index (χ2v) is 5.72. The Hall–Kier alpha value is -0.830. The summed E-state index contributed by atoms with van der Waals surface area (Å²) < 4.78 is 0. The first-order chi connectivity index (χ1) is 7.93. The molecule has 0 unspecified atom stereocenters. The predicted octanol–water partition coefficient (Wildman–Crippen LogP) is 3.59. The van der Waals surface area contributed by atoms with Crippen molar-refractivity contribution in [3.63, 3.8) is 0 Å². The average molecular weight is 298 g/mol. The molecule has 0 aliphatic heterocycles. The molecule has 1 amide bonds. The van der Waals surface area contributed by atoms with Gasteiger partial charge in [0.25, 0.3) is 0 Å². The average Bonchev–Trinajstić information content (AvgIpc) is 2.28. The van der Waals surface area contributed by atoms with Crippen molar-refractivity contribution >= 4 is 21.8 Å². The van der Waals surface area contributed by atoms with Crippen molar-refractivity contribution in [2.75, 3.05) is 0 Å². The Labute approximate surface area is 112 Å². The number of carbonyl (C=O) groups is 1. The second-order valence-electron chi connectivity index (χ2n) is 4.73. The smallest absolute Gasteiger partial charge is 0.234 e. The fourth-order valence-electron chi connectivity index (χ4n) is 1.75. The number of nitrogens with one attached hydrogen (secondary N) is 1. The van der Waals surface area contributed by atoms with Crippen molar-refractivity contribution in [1.29, 1.82) is 0 Å². The van der Waals surface area contributed by atoms with Crippen LogP contribution in [0, 0.1) is 12.8 Å². The SMILES string of the molecule is Cc1ccccc1[C@H](C)NC(=O)[C@@H](Br)C(C)C. The molecule has 0 radical (unpaired) electrons. The molecule has 0 aromatic heterocycles. The Morgan fingerprint density at radius 2 is 1.82 bits per heavy atom. The molecule has 3 heteroatoms. The van der Waals surface area contributed by atoms with Crippen molar-refractivity contribution < 1.29 is 4.79 Å². The molecule has 0 saturated heterocycles. The molecular weight excluding hydrogens is 278 g/mol. The van der Waals surface area contributed by atoms with Crippen molar-refractivity contribution in [3.05, 3.63) is 35.4 Å². The van der Waals surface area contributed by atoms with E-state index in [1.165, 1.54) is 11.1 Å². The first kappa shape index (κ1) is 14.2. The summed E-state index contributed by atoms with van der Waals surface area (Å²) in [6.07, 6.45) is 0. The van der Waals surface area contributed by atoms with Gasteiger partial charge in [-0.05, 0) is 30.9 Å². The zero-order valence-corrected chi connectivity index (χ0v) is 12.4. The first-order valence-electron chi connectivity index (χ1n) is 5.93. The van der Waals surface area contributed by atoms with Crippen LogP contribution in [0.25, 0.3) is 0 Å². The highest BCUT2D eigenvalue weighted by molar-refractivity contribution is 9.10. The van der Waals surface area contributed by atoms with E-state index in [1.807, 2.05) is 32.9 Å². The quantitative estimate of drug-likeness (QED) is 0.846. The van der Waals surface area contributed by atoms with Crippen LogP contribution in [0.2, 0.25) is 0 Å². The molecule has 1 rings (SSSR count). The fraction of sp³-hybridized carbons (Fsp3) is 0.500. The molecule has 2 nitrogen and oxygen atoms in total.